The van der Waals surface area contributed by atoms with Crippen LogP contribution in [0, 0.1) is 0 Å². The van der Waals surface area contributed by atoms with Crippen LogP contribution < -0.4 is 10.4 Å². The topological polar surface area (TPSA) is 94.5 Å². The second-order valence-corrected chi connectivity index (χ2v) is 15.4. The molecule has 0 unspecified atom stereocenters. The molecule has 8 heteroatoms. The molecule has 2 N–H and O–H groups in total. The van der Waals surface area contributed by atoms with E-state index >= 15 is 0 Å². The molecule has 2 aromatic rings. The predicted octanol–water partition coefficient (Wildman–Crippen LogP) is 2.90. The standard InChI is InChI=1S/C29H40O7Si/c1-7-28(8-2)34-22-19-29(32,26(31)33-6)25(30)24(23(22)35-28)36-37(27(3,4)5,20-15-11-9-12-16-20)21-17-13-10-14-18-21/h9-18,22-25,30,32H,7-8,19H2,1-6H3/t22-,23-,24-,25+,29-/m1/s1. The third-order valence-corrected chi connectivity index (χ3v) is 13.1. The van der Waals surface area contributed by atoms with Crippen molar-refractivity contribution in [3.63, 3.8) is 0 Å². The van der Waals surface area contributed by atoms with E-state index in [4.69, 9.17) is 18.6 Å². The fourth-order valence-corrected chi connectivity index (χ4v) is 10.7. The summed E-state index contributed by atoms with van der Waals surface area (Å²) in [7, 11) is -1.97. The van der Waals surface area contributed by atoms with E-state index in [2.05, 4.69) is 45.0 Å². The maximum Gasteiger partial charge on any atom is 0.340 e. The van der Waals surface area contributed by atoms with E-state index in [-0.39, 0.29) is 6.42 Å². The van der Waals surface area contributed by atoms with Crippen molar-refractivity contribution < 1.29 is 33.6 Å². The Bertz CT molecular complexity index is 1030. The van der Waals surface area contributed by atoms with Crippen LogP contribution in [-0.2, 0) is 23.4 Å². The first kappa shape index (κ1) is 27.9. The van der Waals surface area contributed by atoms with Crippen molar-refractivity contribution in [2.45, 2.75) is 94.7 Å². The molecule has 37 heavy (non-hydrogen) atoms. The monoisotopic (exact) mass is 528 g/mol. The minimum atomic E-state index is -3.17. The van der Waals surface area contributed by atoms with Crippen LogP contribution in [0.1, 0.15) is 53.9 Å². The normalized spacial score (nSPS) is 29.5. The van der Waals surface area contributed by atoms with Gasteiger partial charge in [0, 0.05) is 6.42 Å². The molecule has 0 bridgehead atoms. The average Bonchev–Trinajstić information content (AvgIpc) is 3.27. The summed E-state index contributed by atoms with van der Waals surface area (Å²) in [5.74, 6) is -1.80. The number of hydrogen-bond donors (Lipinski definition) is 2. The molecule has 1 saturated carbocycles. The summed E-state index contributed by atoms with van der Waals surface area (Å²) < 4.78 is 25.1. The van der Waals surface area contributed by atoms with Crippen LogP contribution in [-0.4, -0.2) is 67.4 Å². The molecule has 1 heterocycles. The molecule has 1 aliphatic carbocycles. The smallest absolute Gasteiger partial charge is 0.340 e. The van der Waals surface area contributed by atoms with Crippen LogP contribution in [0.5, 0.6) is 0 Å². The zero-order chi connectivity index (χ0) is 27.1. The van der Waals surface area contributed by atoms with Gasteiger partial charge < -0.3 is 28.8 Å². The number of ether oxygens (including phenoxy) is 3. The van der Waals surface area contributed by atoms with Gasteiger partial charge in [-0.1, -0.05) is 95.3 Å². The van der Waals surface area contributed by atoms with Crippen LogP contribution in [0.4, 0.5) is 0 Å². The Hall–Kier alpha value is -2.07. The maximum atomic E-state index is 12.9. The Balaban J connectivity index is 1.92. The molecule has 0 spiro atoms. The lowest BCUT2D eigenvalue weighted by Gasteiger charge is -2.50. The van der Waals surface area contributed by atoms with E-state index < -0.39 is 55.1 Å². The number of aliphatic hydroxyl groups is 2. The van der Waals surface area contributed by atoms with Crippen molar-refractivity contribution >= 4 is 24.7 Å². The molecule has 5 atom stereocenters. The highest BCUT2D eigenvalue weighted by atomic mass is 28.4. The Labute approximate surface area is 220 Å². The molecule has 0 amide bonds. The lowest BCUT2D eigenvalue weighted by molar-refractivity contribution is -0.211. The number of carbonyl (C=O) groups is 1. The van der Waals surface area contributed by atoms with Gasteiger partial charge in [-0.25, -0.2) is 4.79 Å². The Kier molecular flexibility index (Phi) is 7.74. The third kappa shape index (κ3) is 4.58. The van der Waals surface area contributed by atoms with Crippen molar-refractivity contribution in [1.29, 1.82) is 0 Å². The van der Waals surface area contributed by atoms with E-state index in [1.54, 1.807) is 0 Å². The molecule has 2 aliphatic rings. The van der Waals surface area contributed by atoms with Gasteiger partial charge in [-0.05, 0) is 28.3 Å². The number of benzene rings is 2. The predicted molar refractivity (Wildman–Crippen MR) is 143 cm³/mol. The second kappa shape index (κ2) is 10.2. The molecule has 2 aromatic carbocycles. The van der Waals surface area contributed by atoms with Gasteiger partial charge in [0.15, 0.2) is 11.4 Å². The zero-order valence-corrected chi connectivity index (χ0v) is 23.6. The fourth-order valence-electron chi connectivity index (χ4n) is 6.00. The van der Waals surface area contributed by atoms with Crippen molar-refractivity contribution in [3.8, 4) is 0 Å². The van der Waals surface area contributed by atoms with Crippen LogP contribution in [0.15, 0.2) is 60.7 Å². The number of hydrogen-bond acceptors (Lipinski definition) is 7. The van der Waals surface area contributed by atoms with E-state index in [0.717, 1.165) is 10.4 Å². The summed E-state index contributed by atoms with van der Waals surface area (Å²) in [6, 6.07) is 20.1. The highest BCUT2D eigenvalue weighted by Gasteiger charge is 2.65. The highest BCUT2D eigenvalue weighted by molar-refractivity contribution is 6.99. The Morgan fingerprint density at radius 2 is 1.51 bits per heavy atom. The minimum absolute atomic E-state index is 0.145. The summed E-state index contributed by atoms with van der Waals surface area (Å²) in [4.78, 5) is 12.9. The van der Waals surface area contributed by atoms with Crippen molar-refractivity contribution in [1.82, 2.24) is 0 Å². The molecular formula is C29H40O7Si. The van der Waals surface area contributed by atoms with Gasteiger partial charge in [0.25, 0.3) is 8.32 Å². The van der Waals surface area contributed by atoms with Gasteiger partial charge in [-0.2, -0.15) is 0 Å². The van der Waals surface area contributed by atoms with Crippen LogP contribution >= 0.6 is 0 Å². The summed E-state index contributed by atoms with van der Waals surface area (Å²) in [6.07, 6.45) is -2.96. The lowest BCUT2D eigenvalue weighted by Crippen LogP contribution is -2.73. The van der Waals surface area contributed by atoms with Crippen molar-refractivity contribution in [2.75, 3.05) is 7.11 Å². The summed E-state index contributed by atoms with van der Waals surface area (Å²) in [5.41, 5.74) is -2.20. The SMILES string of the molecule is CCC1(CC)O[C@H]2[C@@H](O[Si](c3ccccc3)(c3ccccc3)C(C)(C)C)[C@H](O)[C@@](O)(C(=O)OC)C[C@H]2O1. The molecule has 4 rings (SSSR count). The Morgan fingerprint density at radius 3 is 1.95 bits per heavy atom. The summed E-state index contributed by atoms with van der Waals surface area (Å²) >= 11 is 0. The van der Waals surface area contributed by atoms with E-state index in [0.29, 0.717) is 12.8 Å². The molecule has 7 nitrogen and oxygen atoms in total. The average molecular weight is 529 g/mol. The minimum Gasteiger partial charge on any atom is -0.467 e. The van der Waals surface area contributed by atoms with Crippen LogP contribution in [0.3, 0.4) is 0 Å². The van der Waals surface area contributed by atoms with Gasteiger partial charge in [0.05, 0.1) is 13.2 Å². The van der Waals surface area contributed by atoms with Crippen LogP contribution in [0.25, 0.3) is 0 Å². The Morgan fingerprint density at radius 1 is 1.00 bits per heavy atom. The molecular weight excluding hydrogens is 488 g/mol. The second-order valence-electron chi connectivity index (χ2n) is 11.2. The lowest BCUT2D eigenvalue weighted by atomic mass is 9.77. The maximum absolute atomic E-state index is 12.9. The summed E-state index contributed by atoms with van der Waals surface area (Å²) in [5, 5.41) is 24.9. The highest BCUT2D eigenvalue weighted by Crippen LogP contribution is 2.47. The molecule has 1 aliphatic heterocycles. The molecule has 0 aromatic heterocycles. The zero-order valence-electron chi connectivity index (χ0n) is 22.6. The van der Waals surface area contributed by atoms with E-state index in [9.17, 15) is 15.0 Å². The number of fused-ring (bicyclic) bond motifs is 1. The van der Waals surface area contributed by atoms with Gasteiger partial charge in [-0.3, -0.25) is 0 Å². The number of carbonyl (C=O) groups excluding carboxylic acids is 1. The first-order valence-corrected chi connectivity index (χ1v) is 15.0. The first-order valence-electron chi connectivity index (χ1n) is 13.1. The summed E-state index contributed by atoms with van der Waals surface area (Å²) in [6.45, 7) is 10.3. The third-order valence-electron chi connectivity index (χ3n) is 8.07. The molecule has 1 saturated heterocycles. The van der Waals surface area contributed by atoms with Gasteiger partial charge in [-0.15, -0.1) is 0 Å². The van der Waals surface area contributed by atoms with E-state index in [1.165, 1.54) is 7.11 Å². The van der Waals surface area contributed by atoms with Crippen molar-refractivity contribution in [3.05, 3.63) is 60.7 Å². The van der Waals surface area contributed by atoms with E-state index in [1.807, 2.05) is 50.2 Å². The van der Waals surface area contributed by atoms with Gasteiger partial charge in [0.2, 0.25) is 0 Å². The number of rotatable bonds is 7. The largest absolute Gasteiger partial charge is 0.467 e. The number of esters is 1. The van der Waals surface area contributed by atoms with Gasteiger partial charge >= 0.3 is 5.97 Å². The molecule has 2 fully saturated rings. The molecule has 202 valence electrons. The first-order chi connectivity index (χ1) is 17.5. The number of aliphatic hydroxyl groups excluding tert-OH is 1. The number of methoxy groups -OCH3 is 1. The fraction of sp³-hybridized carbons (Fsp3) is 0.552. The van der Waals surface area contributed by atoms with Crippen LogP contribution in [0.2, 0.25) is 5.04 Å². The quantitative estimate of drug-likeness (QED) is 0.422. The molecule has 0 radical (unpaired) electrons. The van der Waals surface area contributed by atoms with Gasteiger partial charge in [0.1, 0.15) is 18.3 Å². The van der Waals surface area contributed by atoms with Crippen molar-refractivity contribution in [2.24, 2.45) is 0 Å².